The number of ether oxygens (including phenoxy) is 1. The van der Waals surface area contributed by atoms with E-state index in [0.717, 1.165) is 44.6 Å². The second kappa shape index (κ2) is 15.2. The van der Waals surface area contributed by atoms with Crippen molar-refractivity contribution in [2.45, 2.75) is 45.4 Å². The van der Waals surface area contributed by atoms with Crippen molar-refractivity contribution in [2.75, 3.05) is 9.80 Å². The van der Waals surface area contributed by atoms with Gasteiger partial charge in [-0.05, 0) is 81.4 Å². The van der Waals surface area contributed by atoms with Crippen LogP contribution in [0, 0.1) is 18.8 Å². The van der Waals surface area contributed by atoms with Gasteiger partial charge in [-0.2, -0.15) is 12.1 Å². The largest absolute Gasteiger partial charge is 0.509 e. The second-order valence-electron chi connectivity index (χ2n) is 15.9. The first kappa shape index (κ1) is 38.0. The molecule has 286 valence electrons. The molecule has 0 aliphatic carbocycles. The van der Waals surface area contributed by atoms with E-state index in [2.05, 4.69) is 189 Å². The van der Waals surface area contributed by atoms with Crippen LogP contribution in [-0.4, -0.2) is 9.55 Å². The summed E-state index contributed by atoms with van der Waals surface area (Å²) in [5.74, 6) is 2.05. The molecule has 1 aliphatic heterocycles. The summed E-state index contributed by atoms with van der Waals surface area (Å²) in [7, 11) is 0. The summed E-state index contributed by atoms with van der Waals surface area (Å²) >= 11 is 0. The first-order chi connectivity index (χ1) is 27.1. The Morgan fingerprint density at radius 3 is 2.09 bits per heavy atom. The number of hydrogen-bond acceptors (Lipinski definition) is 4. The summed E-state index contributed by atoms with van der Waals surface area (Å²) in [5, 5.41) is 2.22. The molecule has 8 aromatic rings. The Hall–Kier alpha value is -5.90. The Kier molecular flexibility index (Phi) is 10.1. The predicted molar refractivity (Wildman–Crippen MR) is 230 cm³/mol. The minimum absolute atomic E-state index is 0. The molecule has 0 amide bonds. The van der Waals surface area contributed by atoms with Crippen LogP contribution in [0.15, 0.2) is 164 Å². The Balaban J connectivity index is 0.00000455. The van der Waals surface area contributed by atoms with Crippen LogP contribution in [0.25, 0.3) is 38.8 Å². The molecule has 0 radical (unpaired) electrons. The Labute approximate surface area is 350 Å². The third-order valence-electron chi connectivity index (χ3n) is 10.8. The molecule has 0 spiro atoms. The van der Waals surface area contributed by atoms with Gasteiger partial charge in [0, 0.05) is 55.4 Å². The van der Waals surface area contributed by atoms with E-state index in [9.17, 15) is 0 Å². The number of fused-ring (bicyclic) bond motifs is 3. The van der Waals surface area contributed by atoms with Crippen molar-refractivity contribution in [3.8, 4) is 28.4 Å². The van der Waals surface area contributed by atoms with Crippen molar-refractivity contribution in [3.63, 3.8) is 0 Å². The number of benzene rings is 6. The number of aromatic nitrogens is 2. The molecule has 0 bridgehead atoms. The van der Waals surface area contributed by atoms with Crippen LogP contribution in [0.2, 0.25) is 0 Å². The quantitative estimate of drug-likeness (QED) is 0.142. The van der Waals surface area contributed by atoms with Gasteiger partial charge in [0.2, 0.25) is 0 Å². The fourth-order valence-corrected chi connectivity index (χ4v) is 7.53. The summed E-state index contributed by atoms with van der Waals surface area (Å²) in [6.07, 6.45) is 6.02. The predicted octanol–water partition coefficient (Wildman–Crippen LogP) is 12.8. The smallest absolute Gasteiger partial charge is 0.135 e. The SMILES string of the molecule is CC(C)(C)c1ccnc(-n2c3[c-]c(Oc4[c-]c(N5C=CN(c6cccc(C(C)(C)c7ccccc7)c6)[CH-]5)ccc4)ccc3c3cc(-c4ccccc4)ccc32)c1.[Pt]. The molecule has 5 nitrogen and oxygen atoms in total. The number of rotatable bonds is 8. The van der Waals surface area contributed by atoms with Gasteiger partial charge < -0.3 is 19.1 Å². The van der Waals surface area contributed by atoms with Gasteiger partial charge in [0.05, 0.1) is 0 Å². The summed E-state index contributed by atoms with van der Waals surface area (Å²) in [6, 6.07) is 58.1. The molecule has 57 heavy (non-hydrogen) atoms. The maximum Gasteiger partial charge on any atom is 0.135 e. The van der Waals surface area contributed by atoms with Crippen LogP contribution < -0.4 is 14.5 Å². The summed E-state index contributed by atoms with van der Waals surface area (Å²) in [6.45, 7) is 13.3. The van der Waals surface area contributed by atoms with E-state index in [1.807, 2.05) is 42.7 Å². The molecule has 0 fully saturated rings. The van der Waals surface area contributed by atoms with Crippen molar-refractivity contribution in [3.05, 3.63) is 200 Å². The summed E-state index contributed by atoms with van der Waals surface area (Å²) in [4.78, 5) is 9.08. The maximum absolute atomic E-state index is 6.53. The van der Waals surface area contributed by atoms with Gasteiger partial charge in [-0.15, -0.1) is 48.1 Å². The molecule has 0 atom stereocenters. The third-order valence-corrected chi connectivity index (χ3v) is 10.8. The van der Waals surface area contributed by atoms with E-state index in [1.54, 1.807) is 0 Å². The molecule has 0 saturated heterocycles. The van der Waals surface area contributed by atoms with E-state index in [1.165, 1.54) is 22.3 Å². The normalized spacial score (nSPS) is 13.0. The van der Waals surface area contributed by atoms with E-state index >= 15 is 0 Å². The van der Waals surface area contributed by atoms with Gasteiger partial charge in [0.15, 0.2) is 0 Å². The first-order valence-corrected chi connectivity index (χ1v) is 19.1. The molecular weight excluding hydrogens is 880 g/mol. The van der Waals surface area contributed by atoms with Crippen molar-refractivity contribution in [1.82, 2.24) is 9.55 Å². The Morgan fingerprint density at radius 1 is 0.579 bits per heavy atom. The van der Waals surface area contributed by atoms with Gasteiger partial charge in [-0.1, -0.05) is 125 Å². The van der Waals surface area contributed by atoms with Crippen LogP contribution in [0.3, 0.4) is 0 Å². The average molecular weight is 923 g/mol. The number of anilines is 2. The Bertz CT molecular complexity index is 2730. The third kappa shape index (κ3) is 7.41. The van der Waals surface area contributed by atoms with E-state index < -0.39 is 0 Å². The molecule has 0 saturated carbocycles. The number of pyridine rings is 1. The minimum Gasteiger partial charge on any atom is -0.509 e. The van der Waals surface area contributed by atoms with Crippen LogP contribution in [0.1, 0.15) is 51.3 Å². The summed E-state index contributed by atoms with van der Waals surface area (Å²) < 4.78 is 8.73. The molecule has 1 aliphatic rings. The fourth-order valence-electron chi connectivity index (χ4n) is 7.53. The van der Waals surface area contributed by atoms with Crippen molar-refractivity contribution >= 4 is 33.2 Å². The number of hydrogen-bond donors (Lipinski definition) is 0. The molecule has 0 N–H and O–H groups in total. The molecule has 6 aromatic carbocycles. The van der Waals surface area contributed by atoms with Crippen LogP contribution in [0.5, 0.6) is 11.5 Å². The van der Waals surface area contributed by atoms with Crippen LogP contribution >= 0.6 is 0 Å². The zero-order valence-electron chi connectivity index (χ0n) is 32.7. The fraction of sp³-hybridized carbons (Fsp3) is 0.137. The minimum atomic E-state index is -0.133. The molecule has 9 rings (SSSR count). The average Bonchev–Trinajstić information content (AvgIpc) is 3.85. The topological polar surface area (TPSA) is 33.5 Å². The van der Waals surface area contributed by atoms with Gasteiger partial charge in [-0.3, -0.25) is 0 Å². The van der Waals surface area contributed by atoms with Crippen molar-refractivity contribution in [2.24, 2.45) is 0 Å². The molecule has 3 heterocycles. The standard InChI is InChI=1S/C51H43N4O.Pt/c1-50(2,3)39-26-27-52-49(32-39)55-47-25-22-37(36-14-8-6-9-15-36)30-46(47)45-24-23-44(34-48(45)55)56-43-21-13-20-42(33-43)54-29-28-53(35-54)41-19-12-18-40(31-41)51(4,5)38-16-10-7-11-17-38;/h6-32,35H,1-5H3;/q-3;. The van der Waals surface area contributed by atoms with Gasteiger partial charge in [0.25, 0.3) is 0 Å². The van der Waals surface area contributed by atoms with E-state index in [4.69, 9.17) is 9.72 Å². The van der Waals surface area contributed by atoms with Crippen molar-refractivity contribution in [1.29, 1.82) is 0 Å². The van der Waals surface area contributed by atoms with E-state index in [-0.39, 0.29) is 31.9 Å². The molecule has 2 aromatic heterocycles. The number of nitrogens with zero attached hydrogens (tertiary/aromatic N) is 4. The van der Waals surface area contributed by atoms with Gasteiger partial charge >= 0.3 is 0 Å². The Morgan fingerprint density at radius 2 is 1.30 bits per heavy atom. The summed E-state index contributed by atoms with van der Waals surface area (Å²) in [5.41, 5.74) is 9.86. The second-order valence-corrected chi connectivity index (χ2v) is 15.9. The van der Waals surface area contributed by atoms with Gasteiger partial charge in [-0.25, -0.2) is 4.98 Å². The molecule has 0 unspecified atom stereocenters. The monoisotopic (exact) mass is 922 g/mol. The molecule has 6 heteroatoms. The van der Waals surface area contributed by atoms with Crippen LogP contribution in [-0.2, 0) is 31.9 Å². The maximum atomic E-state index is 6.53. The van der Waals surface area contributed by atoms with Crippen LogP contribution in [0.4, 0.5) is 11.4 Å². The zero-order valence-corrected chi connectivity index (χ0v) is 35.0. The zero-order chi connectivity index (χ0) is 38.4. The first-order valence-electron chi connectivity index (χ1n) is 19.1. The van der Waals surface area contributed by atoms with Gasteiger partial charge in [0.1, 0.15) is 5.82 Å². The van der Waals surface area contributed by atoms with E-state index in [0.29, 0.717) is 11.5 Å². The van der Waals surface area contributed by atoms with Crippen molar-refractivity contribution < 1.29 is 25.8 Å². The molecular formula is C51H43N4OPt-3.